The van der Waals surface area contributed by atoms with Crippen molar-refractivity contribution in [3.8, 4) is 5.75 Å². The minimum atomic E-state index is -0.341. The van der Waals surface area contributed by atoms with Gasteiger partial charge in [0.05, 0.1) is 12.5 Å². The summed E-state index contributed by atoms with van der Waals surface area (Å²) in [5, 5.41) is 1.38. The van der Waals surface area contributed by atoms with E-state index in [9.17, 15) is 0 Å². The monoisotopic (exact) mass is 273 g/mol. The van der Waals surface area contributed by atoms with Crippen LogP contribution in [0.5, 0.6) is 5.75 Å². The quantitative estimate of drug-likeness (QED) is 0.753. The minimum absolute atomic E-state index is 0.341. The summed E-state index contributed by atoms with van der Waals surface area (Å²) in [7, 11) is 1.36. The molecular formula is C16H20NOP. The third-order valence-electron chi connectivity index (χ3n) is 3.05. The largest absolute Gasteiger partial charge is 0.497 e. The predicted molar refractivity (Wildman–Crippen MR) is 83.2 cm³/mol. The van der Waals surface area contributed by atoms with Gasteiger partial charge in [0.25, 0.3) is 0 Å². The van der Waals surface area contributed by atoms with E-state index in [4.69, 9.17) is 4.74 Å². The molecule has 1 heterocycles. The fraction of sp³-hybridized carbons (Fsp3) is 0.312. The zero-order valence-electron chi connectivity index (χ0n) is 11.5. The number of aromatic nitrogens is 1. The van der Waals surface area contributed by atoms with Crippen molar-refractivity contribution in [1.29, 1.82) is 0 Å². The molecule has 1 aromatic heterocycles. The standard InChI is InChI=1S/C16H20NOP/c1-3-4-13-19(16-7-5-6-12-17-16)15-10-8-14(18-2)9-11-15/h5-12H,3-4,13H2,1-2H3. The number of rotatable bonds is 6. The number of pyridine rings is 1. The molecular weight excluding hydrogens is 253 g/mol. The number of ether oxygens (including phenoxy) is 1. The zero-order chi connectivity index (χ0) is 13.5. The van der Waals surface area contributed by atoms with Gasteiger partial charge in [-0.25, -0.2) is 0 Å². The first-order valence-corrected chi connectivity index (χ1v) is 8.20. The summed E-state index contributed by atoms with van der Waals surface area (Å²) < 4.78 is 5.23. The molecule has 0 aliphatic rings. The molecule has 0 aliphatic carbocycles. The Morgan fingerprint density at radius 2 is 1.89 bits per heavy atom. The van der Waals surface area contributed by atoms with Crippen molar-refractivity contribution in [3.05, 3.63) is 48.7 Å². The van der Waals surface area contributed by atoms with Crippen molar-refractivity contribution in [1.82, 2.24) is 4.98 Å². The molecule has 0 amide bonds. The number of nitrogens with zero attached hydrogens (tertiary/aromatic N) is 1. The van der Waals surface area contributed by atoms with Crippen LogP contribution in [0.15, 0.2) is 48.7 Å². The van der Waals surface area contributed by atoms with E-state index in [0.29, 0.717) is 0 Å². The van der Waals surface area contributed by atoms with E-state index >= 15 is 0 Å². The average Bonchev–Trinajstić information content (AvgIpc) is 2.49. The molecule has 1 atom stereocenters. The van der Waals surface area contributed by atoms with Gasteiger partial charge in [-0.3, -0.25) is 4.98 Å². The first-order valence-electron chi connectivity index (χ1n) is 6.67. The summed E-state index contributed by atoms with van der Waals surface area (Å²) in [5.74, 6) is 0.912. The van der Waals surface area contributed by atoms with Crippen LogP contribution in [0.1, 0.15) is 19.8 Å². The summed E-state index contributed by atoms with van der Waals surface area (Å²) in [6.45, 7) is 2.24. The lowest BCUT2D eigenvalue weighted by molar-refractivity contribution is 0.415. The van der Waals surface area contributed by atoms with E-state index in [1.54, 1.807) is 7.11 Å². The van der Waals surface area contributed by atoms with Crippen molar-refractivity contribution in [2.24, 2.45) is 0 Å². The molecule has 3 heteroatoms. The molecule has 2 rings (SSSR count). The van der Waals surface area contributed by atoms with Gasteiger partial charge in [0.15, 0.2) is 0 Å². The average molecular weight is 273 g/mol. The molecule has 100 valence electrons. The van der Waals surface area contributed by atoms with E-state index in [-0.39, 0.29) is 7.92 Å². The van der Waals surface area contributed by atoms with Gasteiger partial charge in [-0.15, -0.1) is 0 Å². The Balaban J connectivity index is 2.26. The van der Waals surface area contributed by atoms with Gasteiger partial charge in [0, 0.05) is 6.20 Å². The smallest absolute Gasteiger partial charge is 0.118 e. The Hall–Kier alpha value is -1.40. The van der Waals surface area contributed by atoms with Gasteiger partial charge >= 0.3 is 0 Å². The second-order valence-electron chi connectivity index (χ2n) is 4.39. The second-order valence-corrected chi connectivity index (χ2v) is 6.67. The van der Waals surface area contributed by atoms with Crippen LogP contribution in [0.2, 0.25) is 0 Å². The predicted octanol–water partition coefficient (Wildman–Crippen LogP) is 3.32. The number of methoxy groups -OCH3 is 1. The highest BCUT2D eigenvalue weighted by Gasteiger charge is 2.14. The SMILES string of the molecule is CCCCP(c1ccc(OC)cc1)c1ccccn1. The van der Waals surface area contributed by atoms with Crippen LogP contribution in [0.4, 0.5) is 0 Å². The summed E-state index contributed by atoms with van der Waals surface area (Å²) in [4.78, 5) is 4.55. The lowest BCUT2D eigenvalue weighted by Gasteiger charge is -2.17. The number of unbranched alkanes of at least 4 members (excludes halogenated alkanes) is 1. The van der Waals surface area contributed by atoms with Crippen molar-refractivity contribution < 1.29 is 4.74 Å². The minimum Gasteiger partial charge on any atom is -0.497 e. The van der Waals surface area contributed by atoms with Gasteiger partial charge in [-0.2, -0.15) is 0 Å². The molecule has 0 fully saturated rings. The summed E-state index contributed by atoms with van der Waals surface area (Å²) in [6, 6.07) is 14.6. The van der Waals surface area contributed by atoms with Gasteiger partial charge in [0.1, 0.15) is 5.75 Å². The van der Waals surface area contributed by atoms with Crippen LogP contribution in [0.3, 0.4) is 0 Å². The van der Waals surface area contributed by atoms with E-state index in [0.717, 1.165) is 5.75 Å². The molecule has 0 saturated heterocycles. The Morgan fingerprint density at radius 1 is 1.11 bits per heavy atom. The maximum atomic E-state index is 5.23. The van der Waals surface area contributed by atoms with E-state index in [1.807, 2.05) is 24.4 Å². The summed E-state index contributed by atoms with van der Waals surface area (Å²) in [5.41, 5.74) is 1.22. The fourth-order valence-corrected chi connectivity index (χ4v) is 4.33. The van der Waals surface area contributed by atoms with E-state index < -0.39 is 0 Å². The Morgan fingerprint density at radius 3 is 2.47 bits per heavy atom. The van der Waals surface area contributed by atoms with E-state index in [2.05, 4.69) is 36.2 Å². The molecule has 0 saturated carbocycles. The van der Waals surface area contributed by atoms with E-state index in [1.165, 1.54) is 29.7 Å². The van der Waals surface area contributed by atoms with Crippen molar-refractivity contribution in [3.63, 3.8) is 0 Å². The van der Waals surface area contributed by atoms with Gasteiger partial charge in [-0.05, 0) is 50.1 Å². The molecule has 19 heavy (non-hydrogen) atoms. The Labute approximate surface area is 116 Å². The highest BCUT2D eigenvalue weighted by Crippen LogP contribution is 2.34. The van der Waals surface area contributed by atoms with Crippen LogP contribution < -0.4 is 15.5 Å². The lowest BCUT2D eigenvalue weighted by Crippen LogP contribution is -2.16. The molecule has 1 unspecified atom stereocenters. The zero-order valence-corrected chi connectivity index (χ0v) is 12.4. The maximum absolute atomic E-state index is 5.23. The van der Waals surface area contributed by atoms with Crippen LogP contribution in [-0.2, 0) is 0 Å². The summed E-state index contributed by atoms with van der Waals surface area (Å²) >= 11 is 0. The number of hydrogen-bond acceptors (Lipinski definition) is 2. The van der Waals surface area contributed by atoms with Crippen LogP contribution in [-0.4, -0.2) is 18.3 Å². The van der Waals surface area contributed by atoms with Crippen LogP contribution >= 0.6 is 7.92 Å². The second kappa shape index (κ2) is 7.25. The lowest BCUT2D eigenvalue weighted by atomic mass is 10.3. The van der Waals surface area contributed by atoms with Gasteiger partial charge < -0.3 is 4.74 Å². The Bertz CT molecular complexity index is 484. The van der Waals surface area contributed by atoms with Crippen LogP contribution in [0.25, 0.3) is 0 Å². The molecule has 0 spiro atoms. The fourth-order valence-electron chi connectivity index (χ4n) is 1.97. The van der Waals surface area contributed by atoms with Crippen molar-refractivity contribution in [2.75, 3.05) is 13.3 Å². The van der Waals surface area contributed by atoms with Gasteiger partial charge in [0.2, 0.25) is 0 Å². The summed E-state index contributed by atoms with van der Waals surface area (Å²) in [6.07, 6.45) is 5.56. The molecule has 0 bridgehead atoms. The Kier molecular flexibility index (Phi) is 5.35. The van der Waals surface area contributed by atoms with Crippen molar-refractivity contribution >= 4 is 18.7 Å². The molecule has 0 radical (unpaired) electrons. The number of benzene rings is 1. The number of hydrogen-bond donors (Lipinski definition) is 0. The normalized spacial score (nSPS) is 12.1. The van der Waals surface area contributed by atoms with Crippen molar-refractivity contribution in [2.45, 2.75) is 19.8 Å². The maximum Gasteiger partial charge on any atom is 0.118 e. The molecule has 1 aromatic carbocycles. The molecule has 2 nitrogen and oxygen atoms in total. The molecule has 0 N–H and O–H groups in total. The third-order valence-corrected chi connectivity index (χ3v) is 5.55. The highest BCUT2D eigenvalue weighted by molar-refractivity contribution is 7.72. The first kappa shape index (κ1) is 14.0. The molecule has 2 aromatic rings. The highest BCUT2D eigenvalue weighted by atomic mass is 31.1. The third kappa shape index (κ3) is 3.78. The van der Waals surface area contributed by atoms with Gasteiger partial charge in [-0.1, -0.05) is 31.5 Å². The topological polar surface area (TPSA) is 22.1 Å². The first-order chi connectivity index (χ1) is 9.35. The molecule has 0 aliphatic heterocycles. The van der Waals surface area contributed by atoms with Crippen LogP contribution in [0, 0.1) is 0 Å².